The maximum Gasteiger partial charge on any atom is 0.310 e. The highest BCUT2D eigenvalue weighted by atomic mass is 16.5. The summed E-state index contributed by atoms with van der Waals surface area (Å²) in [6, 6.07) is 14.1. The van der Waals surface area contributed by atoms with Crippen molar-refractivity contribution in [2.24, 2.45) is 0 Å². The number of carbonyl (C=O) groups excluding carboxylic acids is 3. The highest BCUT2D eigenvalue weighted by molar-refractivity contribution is 5.99. The topological polar surface area (TPSA) is 112 Å². The molecule has 0 aromatic heterocycles. The Morgan fingerprint density at radius 3 is 2.63 bits per heavy atom. The van der Waals surface area contributed by atoms with Crippen LogP contribution in [-0.2, 0) is 19.1 Å². The van der Waals surface area contributed by atoms with Gasteiger partial charge in [0.2, 0.25) is 0 Å². The van der Waals surface area contributed by atoms with Crippen LogP contribution in [-0.4, -0.2) is 50.8 Å². The molecule has 1 atom stereocenters. The Balaban J connectivity index is 1.35. The Labute approximate surface area is 173 Å². The number of rotatable bonds is 9. The van der Waals surface area contributed by atoms with Crippen molar-refractivity contribution >= 4 is 23.5 Å². The Hall–Kier alpha value is -3.75. The number of hydrogen-bond acceptors (Lipinski definition) is 7. The number of nitrogens with one attached hydrogen (secondary N) is 2. The van der Waals surface area contributed by atoms with Gasteiger partial charge in [-0.3, -0.25) is 14.4 Å². The molecule has 0 bridgehead atoms. The first-order valence-corrected chi connectivity index (χ1v) is 9.31. The van der Waals surface area contributed by atoms with E-state index in [9.17, 15) is 14.4 Å². The van der Waals surface area contributed by atoms with Crippen molar-refractivity contribution in [1.82, 2.24) is 5.32 Å². The van der Waals surface area contributed by atoms with Crippen LogP contribution < -0.4 is 24.8 Å². The minimum Gasteiger partial charge on any atom is -0.493 e. The van der Waals surface area contributed by atoms with Crippen LogP contribution in [0.15, 0.2) is 48.5 Å². The molecular weight excluding hydrogens is 392 g/mol. The lowest BCUT2D eigenvalue weighted by molar-refractivity contribution is -0.151. The summed E-state index contributed by atoms with van der Waals surface area (Å²) in [4.78, 5) is 35.8. The van der Waals surface area contributed by atoms with Gasteiger partial charge in [0, 0.05) is 0 Å². The minimum atomic E-state index is -1.01. The predicted molar refractivity (Wildman–Crippen MR) is 107 cm³/mol. The predicted octanol–water partition coefficient (Wildman–Crippen LogP) is 1.52. The van der Waals surface area contributed by atoms with Crippen LogP contribution in [0.3, 0.4) is 0 Å². The molecule has 0 radical (unpaired) electrons. The summed E-state index contributed by atoms with van der Waals surface area (Å²) in [6.45, 7) is -0.0205. The number of benzene rings is 2. The first kappa shape index (κ1) is 21.0. The molecule has 2 amide bonds. The van der Waals surface area contributed by atoms with Crippen LogP contribution in [0.2, 0.25) is 0 Å². The largest absolute Gasteiger partial charge is 0.493 e. The van der Waals surface area contributed by atoms with Crippen LogP contribution in [0.25, 0.3) is 0 Å². The van der Waals surface area contributed by atoms with Gasteiger partial charge in [-0.1, -0.05) is 24.3 Å². The van der Waals surface area contributed by atoms with Gasteiger partial charge in [0.05, 0.1) is 25.8 Å². The van der Waals surface area contributed by atoms with E-state index in [1.54, 1.807) is 43.5 Å². The van der Waals surface area contributed by atoms with E-state index in [-0.39, 0.29) is 19.6 Å². The monoisotopic (exact) mass is 414 g/mol. The molecule has 0 fully saturated rings. The fourth-order valence-corrected chi connectivity index (χ4v) is 2.72. The average Bonchev–Trinajstić information content (AvgIpc) is 2.76. The van der Waals surface area contributed by atoms with E-state index >= 15 is 0 Å². The Morgan fingerprint density at radius 1 is 1.10 bits per heavy atom. The zero-order valence-electron chi connectivity index (χ0n) is 16.4. The molecule has 2 aromatic rings. The minimum absolute atomic E-state index is 0.218. The first-order chi connectivity index (χ1) is 14.6. The third kappa shape index (κ3) is 5.63. The number of carbonyl (C=O) groups is 3. The van der Waals surface area contributed by atoms with Gasteiger partial charge < -0.3 is 29.6 Å². The summed E-state index contributed by atoms with van der Waals surface area (Å²) in [5.74, 6) is -0.00470. The van der Waals surface area contributed by atoms with Crippen LogP contribution in [0.5, 0.6) is 17.2 Å². The summed E-state index contributed by atoms with van der Waals surface area (Å²) >= 11 is 0. The highest BCUT2D eigenvalue weighted by Gasteiger charge is 2.30. The number of fused-ring (bicyclic) bond motifs is 1. The summed E-state index contributed by atoms with van der Waals surface area (Å²) in [5, 5.41) is 5.24. The van der Waals surface area contributed by atoms with Crippen LogP contribution in [0, 0.1) is 0 Å². The number of hydrogen-bond donors (Lipinski definition) is 2. The molecule has 1 heterocycles. The second-order valence-corrected chi connectivity index (χ2v) is 6.31. The molecule has 0 saturated carbocycles. The molecule has 9 heteroatoms. The van der Waals surface area contributed by atoms with E-state index in [0.717, 1.165) is 0 Å². The van der Waals surface area contributed by atoms with Gasteiger partial charge in [-0.25, -0.2) is 0 Å². The van der Waals surface area contributed by atoms with Crippen LogP contribution >= 0.6 is 0 Å². The molecule has 0 unspecified atom stereocenters. The second-order valence-electron chi connectivity index (χ2n) is 6.31. The molecule has 0 spiro atoms. The van der Waals surface area contributed by atoms with Crippen molar-refractivity contribution in [1.29, 1.82) is 0 Å². The van der Waals surface area contributed by atoms with Crippen molar-refractivity contribution in [2.75, 3.05) is 32.2 Å². The number of methoxy groups -OCH3 is 1. The van der Waals surface area contributed by atoms with Crippen molar-refractivity contribution in [3.63, 3.8) is 0 Å². The van der Waals surface area contributed by atoms with Gasteiger partial charge in [0.1, 0.15) is 12.4 Å². The smallest absolute Gasteiger partial charge is 0.310 e. The fourth-order valence-electron chi connectivity index (χ4n) is 2.72. The van der Waals surface area contributed by atoms with Gasteiger partial charge in [0.15, 0.2) is 24.2 Å². The van der Waals surface area contributed by atoms with Gasteiger partial charge in [-0.15, -0.1) is 0 Å². The molecule has 0 aliphatic carbocycles. The molecule has 30 heavy (non-hydrogen) atoms. The number of anilines is 1. The fraction of sp³-hybridized carbons (Fsp3) is 0.286. The SMILES string of the molecule is COc1ccccc1OCCNC(=O)COC(=O)C[C@H]1Oc2ccccc2NC1=O. The molecule has 1 aliphatic rings. The zero-order chi connectivity index (χ0) is 21.3. The number of para-hydroxylation sites is 4. The quantitative estimate of drug-likeness (QED) is 0.473. The Bertz CT molecular complexity index is 916. The number of amides is 2. The van der Waals surface area contributed by atoms with E-state index in [4.69, 9.17) is 18.9 Å². The van der Waals surface area contributed by atoms with E-state index in [0.29, 0.717) is 22.9 Å². The van der Waals surface area contributed by atoms with E-state index in [1.807, 2.05) is 12.1 Å². The van der Waals surface area contributed by atoms with Gasteiger partial charge >= 0.3 is 5.97 Å². The summed E-state index contributed by atoms with van der Waals surface area (Å²) in [6.07, 6.45) is -1.31. The lowest BCUT2D eigenvalue weighted by Crippen LogP contribution is -2.39. The Morgan fingerprint density at radius 2 is 1.83 bits per heavy atom. The third-order valence-corrected chi connectivity index (χ3v) is 4.17. The van der Waals surface area contributed by atoms with Gasteiger partial charge in [-0.05, 0) is 24.3 Å². The van der Waals surface area contributed by atoms with Crippen molar-refractivity contribution in [2.45, 2.75) is 12.5 Å². The van der Waals surface area contributed by atoms with E-state index in [2.05, 4.69) is 10.6 Å². The molecule has 0 saturated heterocycles. The lowest BCUT2D eigenvalue weighted by Gasteiger charge is -2.25. The summed E-state index contributed by atoms with van der Waals surface area (Å²) in [5.41, 5.74) is 0.543. The normalized spacial score (nSPS) is 14.6. The van der Waals surface area contributed by atoms with Gasteiger partial charge in [-0.2, -0.15) is 0 Å². The third-order valence-electron chi connectivity index (χ3n) is 4.17. The average molecular weight is 414 g/mol. The van der Waals surface area contributed by atoms with Gasteiger partial charge in [0.25, 0.3) is 11.8 Å². The number of ether oxygens (including phenoxy) is 4. The lowest BCUT2D eigenvalue weighted by atomic mass is 10.1. The molecule has 2 aromatic carbocycles. The van der Waals surface area contributed by atoms with E-state index in [1.165, 1.54) is 0 Å². The van der Waals surface area contributed by atoms with Crippen molar-refractivity contribution < 1.29 is 33.3 Å². The van der Waals surface area contributed by atoms with Crippen LogP contribution in [0.4, 0.5) is 5.69 Å². The van der Waals surface area contributed by atoms with Crippen LogP contribution in [0.1, 0.15) is 6.42 Å². The standard InChI is InChI=1S/C21H22N2O7/c1-27-16-8-4-5-9-17(16)28-11-10-22-19(24)13-29-20(25)12-18-21(26)23-14-6-2-3-7-15(14)30-18/h2-9,18H,10-13H2,1H3,(H,22,24)(H,23,26)/t18-/m1/s1. The summed E-state index contributed by atoms with van der Waals surface area (Å²) in [7, 11) is 1.54. The zero-order valence-corrected chi connectivity index (χ0v) is 16.4. The summed E-state index contributed by atoms with van der Waals surface area (Å²) < 4.78 is 21.2. The molecule has 1 aliphatic heterocycles. The molecule has 9 nitrogen and oxygen atoms in total. The highest BCUT2D eigenvalue weighted by Crippen LogP contribution is 2.29. The first-order valence-electron chi connectivity index (χ1n) is 9.31. The molecule has 3 rings (SSSR count). The Kier molecular flexibility index (Phi) is 7.09. The van der Waals surface area contributed by atoms with E-state index < -0.39 is 30.5 Å². The maximum atomic E-state index is 12.0. The van der Waals surface area contributed by atoms with Crippen molar-refractivity contribution in [3.05, 3.63) is 48.5 Å². The molecular formula is C21H22N2O7. The molecule has 2 N–H and O–H groups in total. The number of esters is 1. The second kappa shape index (κ2) is 10.1. The van der Waals surface area contributed by atoms with Crippen molar-refractivity contribution in [3.8, 4) is 17.2 Å². The maximum absolute atomic E-state index is 12.0. The molecule has 158 valence electrons.